The highest BCUT2D eigenvalue weighted by Crippen LogP contribution is 2.21. The first kappa shape index (κ1) is 13.7. The van der Waals surface area contributed by atoms with Gasteiger partial charge in [-0.15, -0.1) is 11.6 Å². The minimum Gasteiger partial charge on any atom is -0.258 e. The van der Waals surface area contributed by atoms with Gasteiger partial charge in [0.25, 0.3) is 5.69 Å². The number of nitrogens with zero attached hydrogens (tertiary/aromatic N) is 2. The van der Waals surface area contributed by atoms with E-state index in [4.69, 9.17) is 11.6 Å². The van der Waals surface area contributed by atoms with Crippen molar-refractivity contribution in [2.75, 3.05) is 0 Å². The molecule has 1 heterocycles. The van der Waals surface area contributed by atoms with Crippen molar-refractivity contribution < 1.29 is 4.92 Å². The van der Waals surface area contributed by atoms with E-state index in [9.17, 15) is 10.1 Å². The number of pyridine rings is 1. The molecule has 5 heteroatoms. The maximum Gasteiger partial charge on any atom is 0.270 e. The van der Waals surface area contributed by atoms with Gasteiger partial charge in [0.15, 0.2) is 0 Å². The molecule has 0 radical (unpaired) electrons. The molecular weight excluding hydrogens is 264 g/mol. The van der Waals surface area contributed by atoms with Crippen LogP contribution in [0.25, 0.3) is 10.9 Å². The first-order valence-electron chi connectivity index (χ1n) is 6.15. The molecule has 100 valence electrons. The van der Waals surface area contributed by atoms with Gasteiger partial charge in [-0.1, -0.05) is 19.9 Å². The molecular formula is C14H15ClN2O2. The molecule has 1 atom stereocenters. The first-order chi connectivity index (χ1) is 8.97. The lowest BCUT2D eigenvalue weighted by molar-refractivity contribution is -0.384. The maximum atomic E-state index is 10.7. The molecule has 2 rings (SSSR count). The number of non-ortho nitro benzene ring substituents is 1. The van der Waals surface area contributed by atoms with Crippen molar-refractivity contribution in [2.45, 2.75) is 25.6 Å². The Kier molecular flexibility index (Phi) is 4.00. The normalized spacial score (nSPS) is 12.8. The second-order valence-electron chi connectivity index (χ2n) is 4.90. The number of aromatic nitrogens is 1. The summed E-state index contributed by atoms with van der Waals surface area (Å²) in [7, 11) is 0. The van der Waals surface area contributed by atoms with Crippen molar-refractivity contribution in [1.29, 1.82) is 0 Å². The van der Waals surface area contributed by atoms with Crippen molar-refractivity contribution in [2.24, 2.45) is 5.92 Å². The summed E-state index contributed by atoms with van der Waals surface area (Å²) in [6.45, 7) is 4.14. The Morgan fingerprint density at radius 2 is 2.05 bits per heavy atom. The molecule has 4 nitrogen and oxygen atoms in total. The second-order valence-corrected chi connectivity index (χ2v) is 5.46. The zero-order chi connectivity index (χ0) is 14.0. The number of nitro benzene ring substituents is 1. The van der Waals surface area contributed by atoms with E-state index in [1.54, 1.807) is 6.07 Å². The van der Waals surface area contributed by atoms with Crippen LogP contribution in [0.5, 0.6) is 0 Å². The lowest BCUT2D eigenvalue weighted by Gasteiger charge is -2.12. The molecule has 0 N–H and O–H groups in total. The van der Waals surface area contributed by atoms with Crippen LogP contribution in [0.1, 0.15) is 19.5 Å². The summed E-state index contributed by atoms with van der Waals surface area (Å²) >= 11 is 6.24. The minimum atomic E-state index is -0.402. The summed E-state index contributed by atoms with van der Waals surface area (Å²) in [5.41, 5.74) is 1.75. The molecule has 0 saturated heterocycles. The predicted octanol–water partition coefficient (Wildman–Crippen LogP) is 3.95. The molecule has 0 bridgehead atoms. The Hall–Kier alpha value is -1.68. The Labute approximate surface area is 116 Å². The first-order valence-corrected chi connectivity index (χ1v) is 6.59. The van der Waals surface area contributed by atoms with E-state index in [2.05, 4.69) is 18.8 Å². The van der Waals surface area contributed by atoms with E-state index in [0.29, 0.717) is 12.3 Å². The summed E-state index contributed by atoms with van der Waals surface area (Å²) in [4.78, 5) is 14.8. The molecule has 0 aliphatic carbocycles. The number of rotatable bonds is 4. The summed E-state index contributed by atoms with van der Waals surface area (Å²) in [5.74, 6) is 0.385. The number of nitro groups is 1. The van der Waals surface area contributed by atoms with Crippen LogP contribution in [0.2, 0.25) is 0 Å². The standard InChI is InChI=1S/C14H15ClN2O2/c1-9(2)13(15)8-11-4-3-10-7-12(17(18)19)5-6-14(10)16-11/h3-7,9,13H,8H2,1-2H3. The van der Waals surface area contributed by atoms with Gasteiger partial charge in [-0.25, -0.2) is 0 Å². The van der Waals surface area contributed by atoms with Crippen molar-refractivity contribution in [3.8, 4) is 0 Å². The van der Waals surface area contributed by atoms with Crippen LogP contribution in [-0.2, 0) is 6.42 Å². The molecule has 1 aromatic heterocycles. The van der Waals surface area contributed by atoms with E-state index in [1.165, 1.54) is 12.1 Å². The number of benzene rings is 1. The molecule has 2 aromatic rings. The molecule has 0 saturated carbocycles. The Bertz CT molecular complexity index is 613. The van der Waals surface area contributed by atoms with Crippen molar-refractivity contribution in [3.05, 3.63) is 46.1 Å². The highest BCUT2D eigenvalue weighted by molar-refractivity contribution is 6.20. The van der Waals surface area contributed by atoms with Crippen LogP contribution in [0.15, 0.2) is 30.3 Å². The van der Waals surface area contributed by atoms with Crippen LogP contribution < -0.4 is 0 Å². The van der Waals surface area contributed by atoms with Gasteiger partial charge in [-0.05, 0) is 18.1 Å². The van der Waals surface area contributed by atoms with E-state index in [0.717, 1.165) is 16.6 Å². The predicted molar refractivity (Wildman–Crippen MR) is 76.6 cm³/mol. The zero-order valence-electron chi connectivity index (χ0n) is 10.8. The van der Waals surface area contributed by atoms with Gasteiger partial charge in [-0.3, -0.25) is 15.1 Å². The number of hydrogen-bond acceptors (Lipinski definition) is 3. The summed E-state index contributed by atoms with van der Waals surface area (Å²) < 4.78 is 0. The van der Waals surface area contributed by atoms with E-state index in [-0.39, 0.29) is 11.1 Å². The third kappa shape index (κ3) is 3.20. The lowest BCUT2D eigenvalue weighted by Crippen LogP contribution is -2.12. The molecule has 0 amide bonds. The van der Waals surface area contributed by atoms with E-state index < -0.39 is 4.92 Å². The summed E-state index contributed by atoms with van der Waals surface area (Å²) in [6.07, 6.45) is 0.701. The molecule has 19 heavy (non-hydrogen) atoms. The average Bonchev–Trinajstić information content (AvgIpc) is 2.37. The quantitative estimate of drug-likeness (QED) is 0.483. The lowest BCUT2D eigenvalue weighted by atomic mass is 10.0. The number of fused-ring (bicyclic) bond motifs is 1. The molecule has 1 aromatic carbocycles. The third-order valence-electron chi connectivity index (χ3n) is 3.07. The van der Waals surface area contributed by atoms with Crippen molar-refractivity contribution in [1.82, 2.24) is 4.98 Å². The summed E-state index contributed by atoms with van der Waals surface area (Å²) in [6, 6.07) is 8.42. The number of hydrogen-bond donors (Lipinski definition) is 0. The van der Waals surface area contributed by atoms with Gasteiger partial charge < -0.3 is 0 Å². The Morgan fingerprint density at radius 3 is 2.68 bits per heavy atom. The van der Waals surface area contributed by atoms with E-state index >= 15 is 0 Å². The van der Waals surface area contributed by atoms with Gasteiger partial charge in [0.1, 0.15) is 0 Å². The van der Waals surface area contributed by atoms with Crippen molar-refractivity contribution >= 4 is 28.2 Å². The molecule has 0 aliphatic rings. The van der Waals surface area contributed by atoms with Crippen LogP contribution >= 0.6 is 11.6 Å². The van der Waals surface area contributed by atoms with Crippen LogP contribution in [-0.4, -0.2) is 15.3 Å². The minimum absolute atomic E-state index is 0.0444. The number of halogens is 1. The largest absolute Gasteiger partial charge is 0.270 e. The van der Waals surface area contributed by atoms with Gasteiger partial charge in [0, 0.05) is 35.0 Å². The second kappa shape index (κ2) is 5.53. The van der Waals surface area contributed by atoms with Gasteiger partial charge in [-0.2, -0.15) is 0 Å². The van der Waals surface area contributed by atoms with Crippen LogP contribution in [0, 0.1) is 16.0 Å². The summed E-state index contributed by atoms with van der Waals surface area (Å²) in [5, 5.41) is 11.5. The highest BCUT2D eigenvalue weighted by Gasteiger charge is 2.12. The van der Waals surface area contributed by atoms with Crippen LogP contribution in [0.3, 0.4) is 0 Å². The molecule has 0 fully saturated rings. The fourth-order valence-electron chi connectivity index (χ4n) is 1.82. The van der Waals surface area contributed by atoms with Gasteiger partial charge in [0.05, 0.1) is 10.4 Å². The maximum absolute atomic E-state index is 10.7. The molecule has 1 unspecified atom stereocenters. The Balaban J connectivity index is 2.31. The fraction of sp³-hybridized carbons (Fsp3) is 0.357. The smallest absolute Gasteiger partial charge is 0.258 e. The molecule has 0 aliphatic heterocycles. The van der Waals surface area contributed by atoms with Gasteiger partial charge >= 0.3 is 0 Å². The third-order valence-corrected chi connectivity index (χ3v) is 3.73. The Morgan fingerprint density at radius 1 is 1.32 bits per heavy atom. The molecule has 0 spiro atoms. The SMILES string of the molecule is CC(C)C(Cl)Cc1ccc2cc([N+](=O)[O-])ccc2n1. The zero-order valence-corrected chi connectivity index (χ0v) is 11.6. The topological polar surface area (TPSA) is 56.0 Å². The average molecular weight is 279 g/mol. The van der Waals surface area contributed by atoms with Gasteiger partial charge in [0.2, 0.25) is 0 Å². The fourth-order valence-corrected chi connectivity index (χ4v) is 1.98. The van der Waals surface area contributed by atoms with Crippen molar-refractivity contribution in [3.63, 3.8) is 0 Å². The number of alkyl halides is 1. The van der Waals surface area contributed by atoms with E-state index in [1.807, 2.05) is 12.1 Å². The highest BCUT2D eigenvalue weighted by atomic mass is 35.5. The van der Waals surface area contributed by atoms with Crippen LogP contribution in [0.4, 0.5) is 5.69 Å². The monoisotopic (exact) mass is 278 g/mol.